The summed E-state index contributed by atoms with van der Waals surface area (Å²) in [6.07, 6.45) is 2.51. The van der Waals surface area contributed by atoms with Crippen molar-refractivity contribution in [3.05, 3.63) is 86.7 Å². The van der Waals surface area contributed by atoms with Gasteiger partial charge >= 0.3 is 5.69 Å². The minimum absolute atomic E-state index is 0.0325. The van der Waals surface area contributed by atoms with Crippen LogP contribution in [-0.2, 0) is 11.2 Å². The lowest BCUT2D eigenvalue weighted by atomic mass is 10.1. The molecule has 1 heterocycles. The number of aromatic nitrogens is 1. The van der Waals surface area contributed by atoms with Crippen LogP contribution < -0.4 is 10.2 Å². The number of ether oxygens (including phenoxy) is 1. The van der Waals surface area contributed by atoms with Gasteiger partial charge in [-0.05, 0) is 50.5 Å². The fourth-order valence-electron chi connectivity index (χ4n) is 3.67. The molecule has 0 atom stereocenters. The summed E-state index contributed by atoms with van der Waals surface area (Å²) in [6, 6.07) is 14.2. The first kappa shape index (κ1) is 22.7. The number of carbonyl (C=O) groups is 1. The number of nitrogens with one attached hydrogen (secondary N) is 1. The average molecular weight is 434 g/mol. The van der Waals surface area contributed by atoms with E-state index in [4.69, 9.17) is 4.74 Å². The summed E-state index contributed by atoms with van der Waals surface area (Å²) < 4.78 is 7.48. The zero-order valence-corrected chi connectivity index (χ0v) is 18.6. The van der Waals surface area contributed by atoms with Crippen molar-refractivity contribution in [2.45, 2.75) is 34.1 Å². The summed E-state index contributed by atoms with van der Waals surface area (Å²) in [6.45, 7) is 7.90. The van der Waals surface area contributed by atoms with E-state index in [1.807, 2.05) is 19.9 Å². The second-order valence-electron chi connectivity index (χ2n) is 7.40. The Morgan fingerprint density at radius 2 is 1.94 bits per heavy atom. The molecule has 1 N–H and O–H groups in total. The van der Waals surface area contributed by atoms with E-state index < -0.39 is 10.8 Å². The number of para-hydroxylation sites is 3. The largest absolute Gasteiger partial charge is 0.477 e. The number of hydrogen-bond acceptors (Lipinski definition) is 5. The van der Waals surface area contributed by atoms with E-state index in [1.54, 1.807) is 12.3 Å². The SMILES string of the molecule is CCc1cccc(C)c1-n1c(C)cc(/C=N/NC(=O)COc2ccccc2[N+](=O)[O-])c1C. The highest BCUT2D eigenvalue weighted by Gasteiger charge is 2.16. The van der Waals surface area contributed by atoms with E-state index in [1.165, 1.54) is 35.0 Å². The van der Waals surface area contributed by atoms with E-state index in [0.717, 1.165) is 23.4 Å². The third-order valence-corrected chi connectivity index (χ3v) is 5.21. The standard InChI is InChI=1S/C24H26N4O4/c1-5-19-10-8-9-16(2)24(19)27-17(3)13-20(18(27)4)14-25-26-23(29)15-32-22-12-7-6-11-21(22)28(30)31/h6-14H,5,15H2,1-4H3,(H,26,29)/b25-14+. The topological polar surface area (TPSA) is 98.8 Å². The van der Waals surface area contributed by atoms with Gasteiger partial charge in [0.2, 0.25) is 0 Å². The van der Waals surface area contributed by atoms with Crippen LogP contribution in [0, 0.1) is 30.9 Å². The summed E-state index contributed by atoms with van der Waals surface area (Å²) in [4.78, 5) is 22.5. The Morgan fingerprint density at radius 1 is 1.19 bits per heavy atom. The van der Waals surface area contributed by atoms with Gasteiger partial charge in [0, 0.05) is 23.0 Å². The van der Waals surface area contributed by atoms with Gasteiger partial charge in [-0.1, -0.05) is 37.3 Å². The average Bonchev–Trinajstić information content (AvgIpc) is 3.05. The van der Waals surface area contributed by atoms with Crippen molar-refractivity contribution < 1.29 is 14.5 Å². The molecule has 0 aliphatic rings. The number of nitrogens with zero attached hydrogens (tertiary/aromatic N) is 3. The summed E-state index contributed by atoms with van der Waals surface area (Å²) in [7, 11) is 0. The smallest absolute Gasteiger partial charge is 0.310 e. The Kier molecular flexibility index (Phi) is 7.04. The summed E-state index contributed by atoms with van der Waals surface area (Å²) in [5, 5.41) is 15.1. The van der Waals surface area contributed by atoms with Crippen LogP contribution in [0.5, 0.6) is 5.75 Å². The highest BCUT2D eigenvalue weighted by atomic mass is 16.6. The maximum absolute atomic E-state index is 12.1. The molecule has 0 radical (unpaired) electrons. The number of rotatable bonds is 8. The molecule has 1 aromatic heterocycles. The van der Waals surface area contributed by atoms with Crippen LogP contribution >= 0.6 is 0 Å². The number of nitro benzene ring substituents is 1. The molecule has 0 unspecified atom stereocenters. The zero-order chi connectivity index (χ0) is 23.3. The molecule has 166 valence electrons. The normalized spacial score (nSPS) is 11.0. The van der Waals surface area contributed by atoms with E-state index in [0.29, 0.717) is 0 Å². The second-order valence-corrected chi connectivity index (χ2v) is 7.40. The number of nitro groups is 1. The molecule has 8 heteroatoms. The van der Waals surface area contributed by atoms with Gasteiger partial charge in [0.15, 0.2) is 12.4 Å². The fourth-order valence-corrected chi connectivity index (χ4v) is 3.67. The van der Waals surface area contributed by atoms with Crippen LogP contribution in [0.1, 0.15) is 35.0 Å². The van der Waals surface area contributed by atoms with E-state index in [9.17, 15) is 14.9 Å². The van der Waals surface area contributed by atoms with Crippen LogP contribution in [0.2, 0.25) is 0 Å². The van der Waals surface area contributed by atoms with Crippen molar-refractivity contribution in [2.75, 3.05) is 6.61 Å². The lowest BCUT2D eigenvalue weighted by molar-refractivity contribution is -0.385. The van der Waals surface area contributed by atoms with Gasteiger partial charge in [-0.25, -0.2) is 5.43 Å². The minimum atomic E-state index is -0.556. The number of amides is 1. The van der Waals surface area contributed by atoms with Gasteiger partial charge in [-0.15, -0.1) is 0 Å². The molecule has 0 fully saturated rings. The van der Waals surface area contributed by atoms with Crippen molar-refractivity contribution in [2.24, 2.45) is 5.10 Å². The van der Waals surface area contributed by atoms with Gasteiger partial charge in [0.05, 0.1) is 16.8 Å². The Bertz CT molecular complexity index is 1180. The highest BCUT2D eigenvalue weighted by Crippen LogP contribution is 2.27. The number of hydrogen-bond donors (Lipinski definition) is 1. The predicted octanol–water partition coefficient (Wildman–Crippen LogP) is 4.40. The van der Waals surface area contributed by atoms with Gasteiger partial charge in [0.1, 0.15) is 0 Å². The van der Waals surface area contributed by atoms with Crippen LogP contribution in [0.4, 0.5) is 5.69 Å². The van der Waals surface area contributed by atoms with E-state index >= 15 is 0 Å². The van der Waals surface area contributed by atoms with E-state index in [-0.39, 0.29) is 18.0 Å². The third-order valence-electron chi connectivity index (χ3n) is 5.21. The van der Waals surface area contributed by atoms with Gasteiger partial charge < -0.3 is 9.30 Å². The molecule has 8 nitrogen and oxygen atoms in total. The van der Waals surface area contributed by atoms with Crippen molar-refractivity contribution in [1.82, 2.24) is 9.99 Å². The molecular weight excluding hydrogens is 408 g/mol. The van der Waals surface area contributed by atoms with Crippen LogP contribution in [0.3, 0.4) is 0 Å². The Balaban J connectivity index is 1.70. The van der Waals surface area contributed by atoms with Gasteiger partial charge in [0.25, 0.3) is 5.91 Å². The summed E-state index contributed by atoms with van der Waals surface area (Å²) in [5.74, 6) is -0.481. The summed E-state index contributed by atoms with van der Waals surface area (Å²) in [5.41, 5.74) is 8.80. The molecule has 0 aliphatic carbocycles. The minimum Gasteiger partial charge on any atom is -0.477 e. The monoisotopic (exact) mass is 434 g/mol. The van der Waals surface area contributed by atoms with Crippen molar-refractivity contribution in [3.63, 3.8) is 0 Å². The van der Waals surface area contributed by atoms with Crippen molar-refractivity contribution in [1.29, 1.82) is 0 Å². The second kappa shape index (κ2) is 9.91. The molecule has 0 spiro atoms. The fraction of sp³-hybridized carbons (Fsp3) is 0.250. The van der Waals surface area contributed by atoms with Gasteiger partial charge in [-0.3, -0.25) is 14.9 Å². The number of hydrazone groups is 1. The van der Waals surface area contributed by atoms with Crippen molar-refractivity contribution >= 4 is 17.8 Å². The molecular formula is C24H26N4O4. The molecule has 3 aromatic rings. The molecule has 32 heavy (non-hydrogen) atoms. The highest BCUT2D eigenvalue weighted by molar-refractivity contribution is 5.84. The molecule has 1 amide bonds. The van der Waals surface area contributed by atoms with E-state index in [2.05, 4.69) is 47.1 Å². The van der Waals surface area contributed by atoms with Crippen molar-refractivity contribution in [3.8, 4) is 11.4 Å². The molecule has 0 saturated carbocycles. The molecule has 2 aromatic carbocycles. The summed E-state index contributed by atoms with van der Waals surface area (Å²) >= 11 is 0. The first-order valence-corrected chi connectivity index (χ1v) is 10.3. The first-order chi connectivity index (χ1) is 15.3. The zero-order valence-electron chi connectivity index (χ0n) is 18.6. The first-order valence-electron chi connectivity index (χ1n) is 10.3. The Morgan fingerprint density at radius 3 is 2.66 bits per heavy atom. The predicted molar refractivity (Wildman–Crippen MR) is 124 cm³/mol. The van der Waals surface area contributed by atoms with Crippen LogP contribution in [0.25, 0.3) is 5.69 Å². The molecule has 0 bridgehead atoms. The van der Waals surface area contributed by atoms with Crippen LogP contribution in [-0.4, -0.2) is 28.2 Å². The molecule has 0 saturated heterocycles. The third kappa shape index (κ3) is 4.85. The van der Waals surface area contributed by atoms with Gasteiger partial charge in [-0.2, -0.15) is 5.10 Å². The Hall–Kier alpha value is -3.94. The number of aryl methyl sites for hydroxylation is 3. The quantitative estimate of drug-likeness (QED) is 0.323. The van der Waals surface area contributed by atoms with Crippen LogP contribution in [0.15, 0.2) is 53.6 Å². The molecule has 0 aliphatic heterocycles. The lowest BCUT2D eigenvalue weighted by Gasteiger charge is -2.17. The Labute approximate surface area is 186 Å². The number of benzene rings is 2. The lowest BCUT2D eigenvalue weighted by Crippen LogP contribution is -2.24. The number of carbonyl (C=O) groups excluding carboxylic acids is 1. The molecule has 3 rings (SSSR count). The maximum Gasteiger partial charge on any atom is 0.310 e. The maximum atomic E-state index is 12.1.